The van der Waals surface area contributed by atoms with E-state index < -0.39 is 24.9 Å². The lowest BCUT2D eigenvalue weighted by atomic mass is 10.4. The van der Waals surface area contributed by atoms with Crippen LogP contribution in [0.15, 0.2) is 0 Å². The Morgan fingerprint density at radius 1 is 1.29 bits per heavy atom. The van der Waals surface area contributed by atoms with Crippen molar-refractivity contribution in [1.82, 2.24) is 4.31 Å². The first-order valence-electron chi connectivity index (χ1n) is 3.88. The molecule has 0 bridgehead atoms. The van der Waals surface area contributed by atoms with Crippen LogP contribution in [0.25, 0.3) is 0 Å². The Balaban J connectivity index is 2.82. The highest BCUT2D eigenvalue weighted by Crippen LogP contribution is 2.11. The van der Waals surface area contributed by atoms with Gasteiger partial charge in [-0.2, -0.15) is 4.31 Å². The number of nitrogens with zero attached hydrogens (tertiary/aromatic N) is 1. The summed E-state index contributed by atoms with van der Waals surface area (Å²) in [7, 11) is -7.40. The van der Waals surface area contributed by atoms with Gasteiger partial charge in [-0.1, -0.05) is 0 Å². The van der Waals surface area contributed by atoms with E-state index in [0.29, 0.717) is 0 Å². The molecule has 1 saturated heterocycles. The Kier molecular flexibility index (Phi) is 2.98. The maximum absolute atomic E-state index is 11.4. The lowest BCUT2D eigenvalue weighted by Crippen LogP contribution is -2.33. The topological polar surface area (TPSA) is 88.6 Å². The Bertz CT molecular complexity index is 435. The molecule has 0 unspecified atom stereocenters. The second kappa shape index (κ2) is 3.59. The number of hydrogen-bond acceptors (Lipinski definition) is 5. The second-order valence-corrected chi connectivity index (χ2v) is 7.75. The molecular weight excluding hydrogens is 230 g/mol. The quantitative estimate of drug-likeness (QED) is 0.606. The Hall–Kier alpha value is -0.470. The van der Waals surface area contributed by atoms with Crippen LogP contribution in [0.5, 0.6) is 0 Å². The van der Waals surface area contributed by atoms with E-state index in [2.05, 4.69) is 0 Å². The number of rotatable bonds is 3. The molecule has 14 heavy (non-hydrogen) atoms. The minimum absolute atomic E-state index is 0.0939. The van der Waals surface area contributed by atoms with Crippen molar-refractivity contribution in [3.05, 3.63) is 0 Å². The molecule has 0 radical (unpaired) electrons. The predicted octanol–water partition coefficient (Wildman–Crippen LogP) is -1.41. The first-order chi connectivity index (χ1) is 6.21. The van der Waals surface area contributed by atoms with Gasteiger partial charge < -0.3 is 0 Å². The van der Waals surface area contributed by atoms with E-state index in [-0.39, 0.29) is 25.3 Å². The molecule has 0 aromatic heterocycles. The molecule has 8 heteroatoms. The third kappa shape index (κ3) is 3.03. The summed E-state index contributed by atoms with van der Waals surface area (Å²) in [4.78, 5) is 10.8. The smallest absolute Gasteiger partial charge is 0.228 e. The van der Waals surface area contributed by atoms with Crippen molar-refractivity contribution in [3.8, 4) is 0 Å². The van der Waals surface area contributed by atoms with E-state index in [4.69, 9.17) is 0 Å². The first-order valence-corrected chi connectivity index (χ1v) is 7.55. The van der Waals surface area contributed by atoms with E-state index in [1.165, 1.54) is 0 Å². The Morgan fingerprint density at radius 2 is 1.86 bits per heavy atom. The van der Waals surface area contributed by atoms with E-state index >= 15 is 0 Å². The summed E-state index contributed by atoms with van der Waals surface area (Å²) in [6.07, 6.45) is 1.02. The van der Waals surface area contributed by atoms with Crippen molar-refractivity contribution < 1.29 is 21.6 Å². The van der Waals surface area contributed by atoms with Gasteiger partial charge in [0, 0.05) is 19.2 Å². The van der Waals surface area contributed by atoms with Gasteiger partial charge in [0.25, 0.3) is 0 Å². The van der Waals surface area contributed by atoms with Gasteiger partial charge >= 0.3 is 0 Å². The summed E-state index contributed by atoms with van der Waals surface area (Å²) in [5, 5.41) is -0.923. The van der Waals surface area contributed by atoms with Crippen molar-refractivity contribution >= 4 is 25.6 Å². The van der Waals surface area contributed by atoms with Crippen LogP contribution in [0.1, 0.15) is 6.42 Å². The zero-order valence-corrected chi connectivity index (χ0v) is 9.27. The number of sulfonamides is 1. The summed E-state index contributed by atoms with van der Waals surface area (Å²) in [5.41, 5.74) is 0. The molecule has 0 aromatic rings. The van der Waals surface area contributed by atoms with Gasteiger partial charge in [0.15, 0.2) is 14.9 Å². The zero-order valence-electron chi connectivity index (χ0n) is 7.63. The predicted molar refractivity (Wildman–Crippen MR) is 49.8 cm³/mol. The van der Waals surface area contributed by atoms with Crippen molar-refractivity contribution in [2.24, 2.45) is 0 Å². The summed E-state index contributed by atoms with van der Waals surface area (Å²) >= 11 is 0. The van der Waals surface area contributed by atoms with Gasteiger partial charge in [0.1, 0.15) is 5.78 Å². The van der Waals surface area contributed by atoms with Crippen molar-refractivity contribution in [3.63, 3.8) is 0 Å². The molecule has 1 fully saturated rings. The minimum atomic E-state index is -3.83. The Labute approximate surface area is 82.9 Å². The van der Waals surface area contributed by atoms with Crippen LogP contribution in [0.3, 0.4) is 0 Å². The molecule has 1 heterocycles. The molecule has 1 aliphatic rings. The second-order valence-electron chi connectivity index (χ2n) is 3.28. The number of carbonyl (C=O) groups is 1. The highest BCUT2D eigenvalue weighted by molar-refractivity contribution is 8.06. The van der Waals surface area contributed by atoms with E-state index in [1.54, 1.807) is 0 Å². The third-order valence-electron chi connectivity index (χ3n) is 1.75. The molecule has 0 aromatic carbocycles. The molecule has 1 aliphatic heterocycles. The highest BCUT2D eigenvalue weighted by Gasteiger charge is 2.32. The molecule has 1 rings (SSSR count). The molecule has 0 saturated carbocycles. The summed E-state index contributed by atoms with van der Waals surface area (Å²) in [5.74, 6) is -0.179. The highest BCUT2D eigenvalue weighted by atomic mass is 32.3. The third-order valence-corrected chi connectivity index (χ3v) is 5.75. The van der Waals surface area contributed by atoms with Crippen molar-refractivity contribution in [1.29, 1.82) is 0 Å². The van der Waals surface area contributed by atoms with Gasteiger partial charge in [0.05, 0.1) is 6.54 Å². The van der Waals surface area contributed by atoms with Gasteiger partial charge in [0.2, 0.25) is 10.0 Å². The standard InChI is InChI=1S/C6H11NO5S2/c1-13(9,10)5-14(11,12)7-3-2-6(8)4-7/h2-5H2,1H3. The lowest BCUT2D eigenvalue weighted by molar-refractivity contribution is -0.116. The van der Waals surface area contributed by atoms with Crippen LogP contribution in [0.4, 0.5) is 0 Å². The number of ketones is 1. The molecule has 0 aliphatic carbocycles. The van der Waals surface area contributed by atoms with Crippen LogP contribution in [-0.4, -0.2) is 51.4 Å². The molecular formula is C6H11NO5S2. The minimum Gasteiger partial charge on any atom is -0.298 e. The van der Waals surface area contributed by atoms with Crippen LogP contribution >= 0.6 is 0 Å². The maximum atomic E-state index is 11.4. The van der Waals surface area contributed by atoms with Crippen LogP contribution in [0.2, 0.25) is 0 Å². The van der Waals surface area contributed by atoms with E-state index in [1.807, 2.05) is 0 Å². The average Bonchev–Trinajstić information content (AvgIpc) is 2.29. The van der Waals surface area contributed by atoms with Gasteiger partial charge in [-0.05, 0) is 0 Å². The maximum Gasteiger partial charge on any atom is 0.228 e. The van der Waals surface area contributed by atoms with Crippen LogP contribution in [-0.2, 0) is 24.7 Å². The fourth-order valence-electron chi connectivity index (χ4n) is 1.19. The molecule has 6 nitrogen and oxygen atoms in total. The SMILES string of the molecule is CS(=O)(=O)CS(=O)(=O)N1CCC(=O)C1. The van der Waals surface area contributed by atoms with Gasteiger partial charge in [-0.15, -0.1) is 0 Å². The summed E-state index contributed by atoms with van der Waals surface area (Å²) < 4.78 is 45.3. The molecule has 82 valence electrons. The number of carbonyl (C=O) groups excluding carboxylic acids is 1. The monoisotopic (exact) mass is 241 g/mol. The number of hydrogen-bond donors (Lipinski definition) is 0. The number of Topliss-reactive ketones (excluding diaryl/α,β-unsaturated/α-hetero) is 1. The lowest BCUT2D eigenvalue weighted by Gasteiger charge is -2.12. The average molecular weight is 241 g/mol. The number of sulfone groups is 1. The normalized spacial score (nSPS) is 20.2. The summed E-state index contributed by atoms with van der Waals surface area (Å²) in [6.45, 7) is -0.103. The van der Waals surface area contributed by atoms with Gasteiger partial charge in [-0.25, -0.2) is 16.8 Å². The Morgan fingerprint density at radius 3 is 2.21 bits per heavy atom. The summed E-state index contributed by atoms with van der Waals surface area (Å²) in [6, 6.07) is 0. The van der Waals surface area contributed by atoms with Crippen LogP contribution in [0, 0.1) is 0 Å². The van der Waals surface area contributed by atoms with E-state index in [0.717, 1.165) is 10.6 Å². The fourth-order valence-corrected chi connectivity index (χ4v) is 4.66. The van der Waals surface area contributed by atoms with Gasteiger partial charge in [-0.3, -0.25) is 4.79 Å². The molecule has 0 spiro atoms. The molecule has 0 amide bonds. The largest absolute Gasteiger partial charge is 0.298 e. The van der Waals surface area contributed by atoms with Crippen molar-refractivity contribution in [2.45, 2.75) is 6.42 Å². The van der Waals surface area contributed by atoms with Crippen LogP contribution < -0.4 is 0 Å². The molecule has 0 atom stereocenters. The van der Waals surface area contributed by atoms with Crippen molar-refractivity contribution in [2.75, 3.05) is 24.4 Å². The van der Waals surface area contributed by atoms with E-state index in [9.17, 15) is 21.6 Å². The fraction of sp³-hybridized carbons (Fsp3) is 0.833. The zero-order chi connectivity index (χ0) is 11.0. The molecule has 0 N–H and O–H groups in total. The first kappa shape index (κ1) is 11.6.